The predicted octanol–water partition coefficient (Wildman–Crippen LogP) is 5.74. The van der Waals surface area contributed by atoms with Gasteiger partial charge in [-0.25, -0.2) is 4.98 Å². The Hall–Kier alpha value is -2.88. The monoisotopic (exact) mass is 572 g/mol. The maximum absolute atomic E-state index is 13.0. The first-order valence-corrected chi connectivity index (χ1v) is 12.9. The van der Waals surface area contributed by atoms with Crippen molar-refractivity contribution >= 4 is 56.4 Å². The van der Waals surface area contributed by atoms with Crippen LogP contribution in [0.3, 0.4) is 0 Å². The number of hydrogen-bond donors (Lipinski definition) is 2. The summed E-state index contributed by atoms with van der Waals surface area (Å²) >= 11 is 9.65. The van der Waals surface area contributed by atoms with Gasteiger partial charge in [0.1, 0.15) is 5.56 Å². The third-order valence-corrected chi connectivity index (χ3v) is 7.30. The van der Waals surface area contributed by atoms with Gasteiger partial charge >= 0.3 is 0 Å². The third-order valence-electron chi connectivity index (χ3n) is 6.33. The smallest absolute Gasteiger partial charge is 0.262 e. The largest absolute Gasteiger partial charge is 0.480 e. The molecule has 0 saturated carbocycles. The van der Waals surface area contributed by atoms with E-state index in [1.807, 2.05) is 0 Å². The zero-order valence-electron chi connectivity index (χ0n) is 20.8. The number of rotatable bonds is 7. The zero-order valence-corrected chi connectivity index (χ0v) is 23.2. The van der Waals surface area contributed by atoms with E-state index in [4.69, 9.17) is 16.3 Å². The van der Waals surface area contributed by atoms with E-state index in [9.17, 15) is 4.79 Å². The molecular formula is C26H30BrClN6O2. The number of nitrogens with one attached hydrogen (secondary N) is 2. The number of amides is 1. The minimum atomic E-state index is -0.424. The molecule has 1 aromatic heterocycles. The van der Waals surface area contributed by atoms with Gasteiger partial charge in [0.15, 0.2) is 0 Å². The van der Waals surface area contributed by atoms with Crippen molar-refractivity contribution in [2.45, 2.75) is 25.8 Å². The van der Waals surface area contributed by atoms with Gasteiger partial charge < -0.3 is 25.2 Å². The van der Waals surface area contributed by atoms with Crippen LogP contribution in [-0.4, -0.2) is 61.1 Å². The van der Waals surface area contributed by atoms with Gasteiger partial charge in [0.2, 0.25) is 11.8 Å². The minimum Gasteiger partial charge on any atom is -0.480 e. The molecule has 1 aliphatic heterocycles. The van der Waals surface area contributed by atoms with Gasteiger partial charge in [0.25, 0.3) is 5.91 Å². The maximum Gasteiger partial charge on any atom is 0.262 e. The lowest BCUT2D eigenvalue weighted by Crippen LogP contribution is -2.42. The Morgan fingerprint density at radius 2 is 1.97 bits per heavy atom. The van der Waals surface area contributed by atoms with E-state index in [1.54, 1.807) is 18.2 Å². The van der Waals surface area contributed by atoms with E-state index in [1.165, 1.54) is 13.3 Å². The van der Waals surface area contributed by atoms with E-state index < -0.39 is 5.91 Å². The molecule has 10 heteroatoms. The van der Waals surface area contributed by atoms with E-state index in [-0.39, 0.29) is 11.4 Å². The number of methoxy groups -OCH3 is 1. The van der Waals surface area contributed by atoms with Crippen molar-refractivity contribution in [1.29, 1.82) is 0 Å². The second kappa shape index (κ2) is 11.5. The highest BCUT2D eigenvalue weighted by molar-refractivity contribution is 9.10. The van der Waals surface area contributed by atoms with Crippen LogP contribution in [0.4, 0.5) is 23.0 Å². The standard InChI is InChI=1S/C26H30BrClN6O2/c1-16-8-9-22(34-12-10-17(11-13-34)33(2)3)21(14-16)30-26-29-15-18(25(32-26)36-4)24(35)31-23-19(27)6-5-7-20(23)28/h5-9,14-15,17H,10-13H2,1-4H3,(H,31,35)(H,29,30,32). The normalized spacial score (nSPS) is 14.1. The van der Waals surface area contributed by atoms with Crippen molar-refractivity contribution in [1.82, 2.24) is 14.9 Å². The fourth-order valence-electron chi connectivity index (χ4n) is 4.31. The van der Waals surface area contributed by atoms with E-state index in [2.05, 4.69) is 85.5 Å². The molecule has 0 radical (unpaired) electrons. The lowest BCUT2D eigenvalue weighted by atomic mass is 10.0. The van der Waals surface area contributed by atoms with E-state index >= 15 is 0 Å². The van der Waals surface area contributed by atoms with Crippen LogP contribution in [0.5, 0.6) is 5.88 Å². The van der Waals surface area contributed by atoms with Gasteiger partial charge in [-0.1, -0.05) is 23.7 Å². The van der Waals surface area contributed by atoms with Crippen LogP contribution in [0.1, 0.15) is 28.8 Å². The highest BCUT2D eigenvalue weighted by Crippen LogP contribution is 2.33. The summed E-state index contributed by atoms with van der Waals surface area (Å²) in [5.74, 6) is 0.0822. The molecule has 36 heavy (non-hydrogen) atoms. The molecule has 2 heterocycles. The Bertz CT molecular complexity index is 1230. The molecule has 4 rings (SSSR count). The molecular weight excluding hydrogens is 544 g/mol. The molecule has 190 valence electrons. The van der Waals surface area contributed by atoms with E-state index in [0.29, 0.717) is 27.2 Å². The van der Waals surface area contributed by atoms with Gasteiger partial charge in [0, 0.05) is 29.8 Å². The number of hydrogen-bond acceptors (Lipinski definition) is 7. The predicted molar refractivity (Wildman–Crippen MR) is 149 cm³/mol. The average molecular weight is 574 g/mol. The Labute approximate surface area is 225 Å². The Morgan fingerprint density at radius 3 is 2.64 bits per heavy atom. The highest BCUT2D eigenvalue weighted by Gasteiger charge is 2.23. The maximum atomic E-state index is 13.0. The molecule has 0 bridgehead atoms. The summed E-state index contributed by atoms with van der Waals surface area (Å²) in [5.41, 5.74) is 3.81. The van der Waals surface area contributed by atoms with Crippen LogP contribution in [-0.2, 0) is 0 Å². The van der Waals surface area contributed by atoms with Crippen LogP contribution in [0.25, 0.3) is 0 Å². The number of nitrogens with zero attached hydrogens (tertiary/aromatic N) is 4. The number of ether oxygens (including phenoxy) is 1. The number of para-hydroxylation sites is 1. The first-order chi connectivity index (χ1) is 17.3. The summed E-state index contributed by atoms with van der Waals surface area (Å²) in [6.07, 6.45) is 3.66. The molecule has 0 atom stereocenters. The second-order valence-corrected chi connectivity index (χ2v) is 10.3. The lowest BCUT2D eigenvalue weighted by Gasteiger charge is -2.37. The fraction of sp³-hybridized carbons (Fsp3) is 0.346. The topological polar surface area (TPSA) is 82.6 Å². The van der Waals surface area contributed by atoms with Crippen molar-refractivity contribution < 1.29 is 9.53 Å². The van der Waals surface area contributed by atoms with Crippen molar-refractivity contribution in [2.75, 3.05) is 49.8 Å². The third kappa shape index (κ3) is 5.91. The van der Waals surface area contributed by atoms with Gasteiger partial charge in [-0.3, -0.25) is 4.79 Å². The van der Waals surface area contributed by atoms with Crippen molar-refractivity contribution in [2.24, 2.45) is 0 Å². The first-order valence-electron chi connectivity index (χ1n) is 11.7. The number of benzene rings is 2. The first kappa shape index (κ1) is 26.2. The molecule has 3 aromatic rings. The number of carbonyl (C=O) groups is 1. The van der Waals surface area contributed by atoms with Crippen LogP contribution < -0.4 is 20.3 Å². The molecule has 1 fully saturated rings. The molecule has 0 spiro atoms. The molecule has 1 aliphatic rings. The van der Waals surface area contributed by atoms with Crippen molar-refractivity contribution in [3.05, 3.63) is 63.2 Å². The second-order valence-electron chi connectivity index (χ2n) is 8.99. The summed E-state index contributed by atoms with van der Waals surface area (Å²) in [7, 11) is 5.75. The minimum absolute atomic E-state index is 0.161. The van der Waals surface area contributed by atoms with Gasteiger partial charge in [-0.15, -0.1) is 0 Å². The summed E-state index contributed by atoms with van der Waals surface area (Å²) in [6.45, 7) is 4.00. The van der Waals surface area contributed by atoms with E-state index in [0.717, 1.165) is 42.9 Å². The number of piperidine rings is 1. The lowest BCUT2D eigenvalue weighted by molar-refractivity contribution is 0.102. The Morgan fingerprint density at radius 1 is 1.22 bits per heavy atom. The summed E-state index contributed by atoms with van der Waals surface area (Å²) in [4.78, 5) is 26.5. The molecule has 0 aliphatic carbocycles. The average Bonchev–Trinajstić information content (AvgIpc) is 2.86. The number of carbonyl (C=O) groups excluding carboxylic acids is 1. The number of anilines is 4. The number of halogens is 2. The van der Waals surface area contributed by atoms with Gasteiger partial charge in [-0.2, -0.15) is 4.98 Å². The highest BCUT2D eigenvalue weighted by atomic mass is 79.9. The van der Waals surface area contributed by atoms with Crippen molar-refractivity contribution in [3.63, 3.8) is 0 Å². The summed E-state index contributed by atoms with van der Waals surface area (Å²) in [6, 6.07) is 12.2. The van der Waals surface area contributed by atoms with Crippen LogP contribution in [0, 0.1) is 6.92 Å². The fourth-order valence-corrected chi connectivity index (χ4v) is 5.11. The van der Waals surface area contributed by atoms with Crippen LogP contribution >= 0.6 is 27.5 Å². The summed E-state index contributed by atoms with van der Waals surface area (Å²) in [5, 5.41) is 6.55. The Kier molecular flexibility index (Phi) is 8.33. The SMILES string of the molecule is COc1nc(Nc2cc(C)ccc2N2CCC(N(C)C)CC2)ncc1C(=O)Nc1c(Cl)cccc1Br. The number of aromatic nitrogens is 2. The molecule has 2 aromatic carbocycles. The van der Waals surface area contributed by atoms with Crippen molar-refractivity contribution in [3.8, 4) is 5.88 Å². The van der Waals surface area contributed by atoms with Crippen LogP contribution in [0.15, 0.2) is 47.1 Å². The quantitative estimate of drug-likeness (QED) is 0.373. The van der Waals surface area contributed by atoms with Gasteiger partial charge in [0.05, 0.1) is 29.2 Å². The molecule has 2 N–H and O–H groups in total. The molecule has 1 saturated heterocycles. The van der Waals surface area contributed by atoms with Gasteiger partial charge in [-0.05, 0) is 79.6 Å². The summed E-state index contributed by atoms with van der Waals surface area (Å²) < 4.78 is 6.11. The molecule has 8 nitrogen and oxygen atoms in total. The Balaban J connectivity index is 1.55. The van der Waals surface area contributed by atoms with Crippen LogP contribution in [0.2, 0.25) is 5.02 Å². The zero-order chi connectivity index (χ0) is 25.8. The molecule has 0 unspecified atom stereocenters. The molecule has 1 amide bonds. The number of aryl methyl sites for hydroxylation is 1.